The molecule has 0 saturated heterocycles. The molecule has 86 valence electrons. The largest absolute Gasteiger partial charge is 0.291 e. The Balaban J connectivity index is 2.06. The van der Waals surface area contributed by atoms with Crippen molar-refractivity contribution >= 4 is 0 Å². The van der Waals surface area contributed by atoms with Gasteiger partial charge in [0.1, 0.15) is 5.82 Å². The van der Waals surface area contributed by atoms with Crippen LogP contribution in [0.15, 0.2) is 48.5 Å². The van der Waals surface area contributed by atoms with E-state index in [-0.39, 0.29) is 11.9 Å². The van der Waals surface area contributed by atoms with Crippen molar-refractivity contribution in [2.75, 3.05) is 7.05 Å². The molecule has 1 unspecified atom stereocenters. The molecule has 0 fully saturated rings. The van der Waals surface area contributed by atoms with Crippen molar-refractivity contribution in [2.45, 2.75) is 12.6 Å². The molecule has 1 nitrogen and oxygen atoms in total. The maximum absolute atomic E-state index is 13.0. The fourth-order valence-electron chi connectivity index (χ4n) is 2.62. The summed E-state index contributed by atoms with van der Waals surface area (Å²) < 4.78 is 13.0. The smallest absolute Gasteiger partial charge is 0.123 e. The van der Waals surface area contributed by atoms with Gasteiger partial charge in [-0.15, -0.1) is 0 Å². The molecular formula is C15H14FN. The van der Waals surface area contributed by atoms with Crippen LogP contribution in [0.5, 0.6) is 0 Å². The summed E-state index contributed by atoms with van der Waals surface area (Å²) in [6, 6.07) is 15.5. The molecule has 1 aliphatic heterocycles. The molecule has 1 aliphatic rings. The summed E-state index contributed by atoms with van der Waals surface area (Å²) in [5.41, 5.74) is 3.85. The van der Waals surface area contributed by atoms with Gasteiger partial charge in [0.2, 0.25) is 0 Å². The van der Waals surface area contributed by atoms with Crippen LogP contribution in [-0.4, -0.2) is 11.9 Å². The zero-order chi connectivity index (χ0) is 11.8. The van der Waals surface area contributed by atoms with Crippen LogP contribution in [0.4, 0.5) is 4.39 Å². The Morgan fingerprint density at radius 1 is 1.06 bits per heavy atom. The lowest BCUT2D eigenvalue weighted by molar-refractivity contribution is 0.304. The molecule has 0 amide bonds. The highest BCUT2D eigenvalue weighted by Crippen LogP contribution is 2.36. The Labute approximate surface area is 101 Å². The second kappa shape index (κ2) is 3.97. The molecule has 1 atom stereocenters. The van der Waals surface area contributed by atoms with Crippen LogP contribution in [0.25, 0.3) is 0 Å². The molecule has 0 spiro atoms. The maximum atomic E-state index is 13.0. The van der Waals surface area contributed by atoms with Gasteiger partial charge in [0.05, 0.1) is 6.04 Å². The lowest BCUT2D eigenvalue weighted by atomic mass is 9.98. The third-order valence-corrected chi connectivity index (χ3v) is 3.40. The number of nitrogens with zero attached hydrogens (tertiary/aromatic N) is 1. The Morgan fingerprint density at radius 2 is 1.76 bits per heavy atom. The van der Waals surface area contributed by atoms with Gasteiger partial charge in [-0.1, -0.05) is 36.4 Å². The van der Waals surface area contributed by atoms with Crippen molar-refractivity contribution < 1.29 is 4.39 Å². The molecule has 2 aromatic rings. The minimum absolute atomic E-state index is 0.178. The lowest BCUT2D eigenvalue weighted by Crippen LogP contribution is -2.17. The highest BCUT2D eigenvalue weighted by atomic mass is 19.1. The number of hydrogen-bond acceptors (Lipinski definition) is 1. The zero-order valence-electron chi connectivity index (χ0n) is 9.73. The second-order valence-corrected chi connectivity index (χ2v) is 4.57. The molecule has 0 aliphatic carbocycles. The predicted molar refractivity (Wildman–Crippen MR) is 66.2 cm³/mol. The summed E-state index contributed by atoms with van der Waals surface area (Å²) in [5, 5.41) is 0. The van der Waals surface area contributed by atoms with Crippen molar-refractivity contribution in [3.8, 4) is 0 Å². The number of hydrogen-bond donors (Lipinski definition) is 0. The van der Waals surface area contributed by atoms with Gasteiger partial charge in [-0.05, 0) is 35.9 Å². The first kappa shape index (κ1) is 10.5. The molecule has 17 heavy (non-hydrogen) atoms. The predicted octanol–water partition coefficient (Wildman–Crippen LogP) is 3.36. The summed E-state index contributed by atoms with van der Waals surface area (Å²) in [5.74, 6) is -0.178. The summed E-state index contributed by atoms with van der Waals surface area (Å²) >= 11 is 0. The molecule has 0 bridgehead atoms. The fraction of sp³-hybridized carbons (Fsp3) is 0.200. The van der Waals surface area contributed by atoms with Gasteiger partial charge in [0, 0.05) is 6.54 Å². The van der Waals surface area contributed by atoms with E-state index in [9.17, 15) is 4.39 Å². The monoisotopic (exact) mass is 227 g/mol. The molecule has 0 aromatic heterocycles. The summed E-state index contributed by atoms with van der Waals surface area (Å²) in [4.78, 5) is 2.29. The third-order valence-electron chi connectivity index (χ3n) is 3.40. The first-order valence-electron chi connectivity index (χ1n) is 5.79. The van der Waals surface area contributed by atoms with Gasteiger partial charge in [-0.3, -0.25) is 4.90 Å². The summed E-state index contributed by atoms with van der Waals surface area (Å²) in [6.45, 7) is 0.957. The van der Waals surface area contributed by atoms with Crippen LogP contribution in [0.1, 0.15) is 22.7 Å². The minimum atomic E-state index is -0.178. The van der Waals surface area contributed by atoms with Gasteiger partial charge in [-0.25, -0.2) is 4.39 Å². The Bertz CT molecular complexity index is 533. The van der Waals surface area contributed by atoms with Crippen molar-refractivity contribution in [3.63, 3.8) is 0 Å². The van der Waals surface area contributed by atoms with Crippen LogP contribution in [0.2, 0.25) is 0 Å². The molecule has 2 heteroatoms. The van der Waals surface area contributed by atoms with Crippen LogP contribution in [0, 0.1) is 5.82 Å². The molecule has 3 rings (SSSR count). The summed E-state index contributed by atoms with van der Waals surface area (Å²) in [7, 11) is 2.11. The minimum Gasteiger partial charge on any atom is -0.291 e. The molecule has 0 radical (unpaired) electrons. The van der Waals surface area contributed by atoms with E-state index in [1.807, 2.05) is 12.1 Å². The molecule has 2 aromatic carbocycles. The standard InChI is InChI=1S/C15H14FN/c1-17-10-12-4-2-3-5-14(12)15(17)11-6-8-13(16)9-7-11/h2-9,15H,10H2,1H3. The number of halogens is 1. The van der Waals surface area contributed by atoms with Crippen molar-refractivity contribution in [3.05, 3.63) is 71.0 Å². The highest BCUT2D eigenvalue weighted by Gasteiger charge is 2.27. The lowest BCUT2D eigenvalue weighted by Gasteiger charge is -2.20. The van der Waals surface area contributed by atoms with Crippen LogP contribution < -0.4 is 0 Å². The van der Waals surface area contributed by atoms with Gasteiger partial charge < -0.3 is 0 Å². The normalized spacial score (nSPS) is 19.3. The van der Waals surface area contributed by atoms with E-state index >= 15 is 0 Å². The van der Waals surface area contributed by atoms with E-state index in [0.29, 0.717) is 0 Å². The Kier molecular flexibility index (Phi) is 2.45. The molecule has 0 N–H and O–H groups in total. The quantitative estimate of drug-likeness (QED) is 0.722. The number of fused-ring (bicyclic) bond motifs is 1. The Morgan fingerprint density at radius 3 is 2.53 bits per heavy atom. The SMILES string of the molecule is CN1Cc2ccccc2C1c1ccc(F)cc1. The highest BCUT2D eigenvalue weighted by molar-refractivity contribution is 5.40. The first-order valence-corrected chi connectivity index (χ1v) is 5.79. The second-order valence-electron chi connectivity index (χ2n) is 4.57. The van der Waals surface area contributed by atoms with E-state index < -0.39 is 0 Å². The maximum Gasteiger partial charge on any atom is 0.123 e. The van der Waals surface area contributed by atoms with Crippen LogP contribution >= 0.6 is 0 Å². The Hall–Kier alpha value is -1.67. The van der Waals surface area contributed by atoms with Crippen molar-refractivity contribution in [2.24, 2.45) is 0 Å². The number of benzene rings is 2. The van der Waals surface area contributed by atoms with Crippen LogP contribution in [0.3, 0.4) is 0 Å². The van der Waals surface area contributed by atoms with Gasteiger partial charge in [0.25, 0.3) is 0 Å². The van der Waals surface area contributed by atoms with Crippen molar-refractivity contribution in [1.29, 1.82) is 0 Å². The molecule has 1 heterocycles. The first-order chi connectivity index (χ1) is 8.25. The average Bonchev–Trinajstić information content (AvgIpc) is 2.66. The van der Waals surface area contributed by atoms with E-state index in [0.717, 1.165) is 12.1 Å². The van der Waals surface area contributed by atoms with Crippen LogP contribution in [-0.2, 0) is 6.54 Å². The fourth-order valence-corrected chi connectivity index (χ4v) is 2.62. The van der Waals surface area contributed by atoms with Gasteiger partial charge in [-0.2, -0.15) is 0 Å². The summed E-state index contributed by atoms with van der Waals surface area (Å²) in [6.07, 6.45) is 0. The average molecular weight is 227 g/mol. The molecule has 0 saturated carbocycles. The third kappa shape index (κ3) is 1.75. The van der Waals surface area contributed by atoms with E-state index in [1.54, 1.807) is 0 Å². The van der Waals surface area contributed by atoms with Gasteiger partial charge in [0.15, 0.2) is 0 Å². The van der Waals surface area contributed by atoms with E-state index in [1.165, 1.54) is 23.3 Å². The zero-order valence-corrected chi connectivity index (χ0v) is 9.73. The number of rotatable bonds is 1. The van der Waals surface area contributed by atoms with Gasteiger partial charge >= 0.3 is 0 Å². The van der Waals surface area contributed by atoms with E-state index in [4.69, 9.17) is 0 Å². The van der Waals surface area contributed by atoms with E-state index in [2.05, 4.69) is 36.2 Å². The van der Waals surface area contributed by atoms with Crippen molar-refractivity contribution in [1.82, 2.24) is 4.90 Å². The molecular weight excluding hydrogens is 213 g/mol. The topological polar surface area (TPSA) is 3.24 Å².